The molecule has 0 bridgehead atoms. The number of thiocarbonyl (C=S) groups is 1. The molecule has 0 unspecified atom stereocenters. The molecule has 0 radical (unpaired) electrons. The van der Waals surface area contributed by atoms with E-state index in [1.807, 2.05) is 30.3 Å². The summed E-state index contributed by atoms with van der Waals surface area (Å²) in [6, 6.07) is 9.68. The summed E-state index contributed by atoms with van der Waals surface area (Å²) in [5, 5.41) is 0.679. The minimum atomic E-state index is -0.0276. The summed E-state index contributed by atoms with van der Waals surface area (Å²) in [6.45, 7) is 0.915. The van der Waals surface area contributed by atoms with E-state index < -0.39 is 0 Å². The van der Waals surface area contributed by atoms with Crippen LogP contribution < -0.4 is 4.90 Å². The first-order valence-corrected chi connectivity index (χ1v) is 6.89. The SMILES string of the molecule is O=C1[C@H]2CCCCCN2C(=S)N1c1ccccc1. The lowest BCUT2D eigenvalue weighted by atomic mass is 10.1. The van der Waals surface area contributed by atoms with Crippen molar-refractivity contribution < 1.29 is 4.79 Å². The average molecular weight is 260 g/mol. The van der Waals surface area contributed by atoms with Gasteiger partial charge < -0.3 is 4.90 Å². The van der Waals surface area contributed by atoms with Crippen LogP contribution in [0.4, 0.5) is 5.69 Å². The van der Waals surface area contributed by atoms with Gasteiger partial charge in [-0.2, -0.15) is 0 Å². The zero-order valence-electron chi connectivity index (χ0n) is 10.2. The fourth-order valence-electron chi connectivity index (χ4n) is 2.78. The second-order valence-corrected chi connectivity index (χ2v) is 5.22. The van der Waals surface area contributed by atoms with Gasteiger partial charge in [0.1, 0.15) is 6.04 Å². The Morgan fingerprint density at radius 1 is 1.11 bits per heavy atom. The van der Waals surface area contributed by atoms with Crippen molar-refractivity contribution in [1.82, 2.24) is 4.90 Å². The molecule has 2 aliphatic heterocycles. The van der Waals surface area contributed by atoms with Gasteiger partial charge in [0.05, 0.1) is 5.69 Å². The molecule has 0 saturated carbocycles. The molecular formula is C14H16N2OS. The first-order chi connectivity index (χ1) is 8.79. The first kappa shape index (κ1) is 11.7. The van der Waals surface area contributed by atoms with Gasteiger partial charge in [0.2, 0.25) is 0 Å². The molecule has 0 aromatic heterocycles. The van der Waals surface area contributed by atoms with Crippen LogP contribution >= 0.6 is 12.2 Å². The maximum atomic E-state index is 12.5. The molecule has 1 aromatic carbocycles. The molecule has 3 rings (SSSR count). The molecule has 0 spiro atoms. The normalized spacial score (nSPS) is 24.1. The number of hydrogen-bond acceptors (Lipinski definition) is 2. The number of anilines is 1. The Labute approximate surface area is 112 Å². The van der Waals surface area contributed by atoms with Crippen LogP contribution in [-0.2, 0) is 4.79 Å². The van der Waals surface area contributed by atoms with Crippen LogP contribution in [-0.4, -0.2) is 28.5 Å². The number of benzene rings is 1. The second-order valence-electron chi connectivity index (χ2n) is 4.85. The molecule has 2 aliphatic rings. The lowest BCUT2D eigenvalue weighted by Gasteiger charge is -2.21. The molecular weight excluding hydrogens is 244 g/mol. The summed E-state index contributed by atoms with van der Waals surface area (Å²) >= 11 is 5.49. The van der Waals surface area contributed by atoms with Crippen molar-refractivity contribution in [1.29, 1.82) is 0 Å². The van der Waals surface area contributed by atoms with Crippen molar-refractivity contribution in [2.45, 2.75) is 31.7 Å². The van der Waals surface area contributed by atoms with E-state index in [2.05, 4.69) is 4.90 Å². The Kier molecular flexibility index (Phi) is 3.04. The van der Waals surface area contributed by atoms with Crippen LogP contribution in [0.3, 0.4) is 0 Å². The quantitative estimate of drug-likeness (QED) is 0.725. The van der Waals surface area contributed by atoms with Crippen LogP contribution in [0.2, 0.25) is 0 Å². The van der Waals surface area contributed by atoms with Crippen LogP contribution in [0.25, 0.3) is 0 Å². The van der Waals surface area contributed by atoms with Crippen LogP contribution in [0, 0.1) is 0 Å². The molecule has 0 N–H and O–H groups in total. The van der Waals surface area contributed by atoms with E-state index in [0.717, 1.165) is 31.5 Å². The van der Waals surface area contributed by atoms with Crippen LogP contribution in [0.1, 0.15) is 25.7 Å². The van der Waals surface area contributed by atoms with Crippen molar-refractivity contribution in [2.24, 2.45) is 0 Å². The smallest absolute Gasteiger partial charge is 0.256 e. The number of carbonyl (C=O) groups is 1. The summed E-state index contributed by atoms with van der Waals surface area (Å²) in [5.74, 6) is 0.146. The molecule has 18 heavy (non-hydrogen) atoms. The highest BCUT2D eigenvalue weighted by Gasteiger charge is 2.42. The summed E-state index contributed by atoms with van der Waals surface area (Å²) in [6.07, 6.45) is 4.39. The Morgan fingerprint density at radius 2 is 1.89 bits per heavy atom. The van der Waals surface area contributed by atoms with Gasteiger partial charge in [-0.3, -0.25) is 9.69 Å². The third kappa shape index (κ3) is 1.81. The molecule has 2 heterocycles. The Morgan fingerprint density at radius 3 is 2.67 bits per heavy atom. The maximum Gasteiger partial charge on any atom is 0.256 e. The summed E-state index contributed by atoms with van der Waals surface area (Å²) < 4.78 is 0. The molecule has 2 fully saturated rings. The molecule has 4 heteroatoms. The predicted octanol–water partition coefficient (Wildman–Crippen LogP) is 2.56. The molecule has 1 amide bonds. The summed E-state index contributed by atoms with van der Waals surface area (Å²) in [4.78, 5) is 16.3. The molecule has 0 aliphatic carbocycles. The highest BCUT2D eigenvalue weighted by molar-refractivity contribution is 7.80. The third-order valence-corrected chi connectivity index (χ3v) is 4.13. The zero-order chi connectivity index (χ0) is 12.5. The van der Waals surface area contributed by atoms with Gasteiger partial charge in [-0.05, 0) is 37.2 Å². The fraction of sp³-hybridized carbons (Fsp3) is 0.429. The summed E-state index contributed by atoms with van der Waals surface area (Å²) in [5.41, 5.74) is 0.889. The molecule has 1 aromatic rings. The van der Waals surface area contributed by atoms with Gasteiger partial charge >= 0.3 is 0 Å². The minimum Gasteiger partial charge on any atom is -0.336 e. The molecule has 1 atom stereocenters. The molecule has 3 nitrogen and oxygen atoms in total. The number of fused-ring (bicyclic) bond motifs is 1. The number of nitrogens with zero attached hydrogens (tertiary/aromatic N) is 2. The van der Waals surface area contributed by atoms with E-state index in [4.69, 9.17) is 12.2 Å². The van der Waals surface area contributed by atoms with E-state index in [9.17, 15) is 4.79 Å². The highest BCUT2D eigenvalue weighted by Crippen LogP contribution is 2.29. The number of rotatable bonds is 1. The van der Waals surface area contributed by atoms with E-state index in [1.165, 1.54) is 6.42 Å². The number of para-hydroxylation sites is 1. The minimum absolute atomic E-state index is 0.0276. The maximum absolute atomic E-state index is 12.5. The standard InChI is InChI=1S/C14H16N2OS/c17-13-12-9-5-2-6-10-15(12)14(18)16(13)11-7-3-1-4-8-11/h1,3-4,7-8,12H,2,5-6,9-10H2/t12-/m1/s1. The van der Waals surface area contributed by atoms with Gasteiger partial charge in [-0.15, -0.1) is 0 Å². The lowest BCUT2D eigenvalue weighted by molar-refractivity contribution is -0.119. The van der Waals surface area contributed by atoms with Crippen molar-refractivity contribution >= 4 is 28.9 Å². The van der Waals surface area contributed by atoms with Gasteiger partial charge in [-0.1, -0.05) is 31.0 Å². The molecule has 2 saturated heterocycles. The average Bonchev–Trinajstić information content (AvgIpc) is 2.60. The van der Waals surface area contributed by atoms with E-state index in [1.54, 1.807) is 4.90 Å². The zero-order valence-corrected chi connectivity index (χ0v) is 11.0. The number of amides is 1. The number of carbonyl (C=O) groups excluding carboxylic acids is 1. The Hall–Kier alpha value is -1.42. The second kappa shape index (κ2) is 4.69. The summed E-state index contributed by atoms with van der Waals surface area (Å²) in [7, 11) is 0. The molecule has 94 valence electrons. The van der Waals surface area contributed by atoms with Crippen LogP contribution in [0.15, 0.2) is 30.3 Å². The van der Waals surface area contributed by atoms with Crippen molar-refractivity contribution in [3.05, 3.63) is 30.3 Å². The Bertz CT molecular complexity index is 450. The van der Waals surface area contributed by atoms with Gasteiger partial charge in [0.15, 0.2) is 5.11 Å². The monoisotopic (exact) mass is 260 g/mol. The largest absolute Gasteiger partial charge is 0.336 e. The van der Waals surface area contributed by atoms with E-state index >= 15 is 0 Å². The predicted molar refractivity (Wildman–Crippen MR) is 75.5 cm³/mol. The highest BCUT2D eigenvalue weighted by atomic mass is 32.1. The van der Waals surface area contributed by atoms with Crippen LogP contribution in [0.5, 0.6) is 0 Å². The van der Waals surface area contributed by atoms with Crippen molar-refractivity contribution in [3.63, 3.8) is 0 Å². The van der Waals surface area contributed by atoms with Crippen molar-refractivity contribution in [3.8, 4) is 0 Å². The van der Waals surface area contributed by atoms with Gasteiger partial charge in [0, 0.05) is 6.54 Å². The van der Waals surface area contributed by atoms with E-state index in [0.29, 0.717) is 5.11 Å². The van der Waals surface area contributed by atoms with Gasteiger partial charge in [-0.25, -0.2) is 0 Å². The lowest BCUT2D eigenvalue weighted by Crippen LogP contribution is -2.34. The first-order valence-electron chi connectivity index (χ1n) is 6.48. The van der Waals surface area contributed by atoms with E-state index in [-0.39, 0.29) is 11.9 Å². The van der Waals surface area contributed by atoms with Gasteiger partial charge in [0.25, 0.3) is 5.91 Å². The van der Waals surface area contributed by atoms with Crippen molar-refractivity contribution in [2.75, 3.05) is 11.4 Å². The third-order valence-electron chi connectivity index (χ3n) is 3.71. The fourth-order valence-corrected chi connectivity index (χ4v) is 3.19. The Balaban J connectivity index is 1.94. The topological polar surface area (TPSA) is 23.6 Å². The number of hydrogen-bond donors (Lipinski definition) is 0.